The largest absolute Gasteiger partial charge is 0.484 e. The van der Waals surface area contributed by atoms with E-state index in [2.05, 4.69) is 15.3 Å². The third-order valence-electron chi connectivity index (χ3n) is 3.56. The van der Waals surface area contributed by atoms with E-state index in [1.54, 1.807) is 0 Å². The molecule has 0 radical (unpaired) electrons. The van der Waals surface area contributed by atoms with E-state index in [1.807, 2.05) is 24.3 Å². The number of anilines is 1. The van der Waals surface area contributed by atoms with Crippen LogP contribution >= 0.6 is 0 Å². The monoisotopic (exact) mass is 342 g/mol. The van der Waals surface area contributed by atoms with Crippen LogP contribution in [0.2, 0.25) is 0 Å². The number of H-pyrrole nitrogens is 1. The van der Waals surface area contributed by atoms with Crippen LogP contribution in [0.3, 0.4) is 0 Å². The number of carbonyl (C=O) groups is 1. The molecule has 1 amide bonds. The van der Waals surface area contributed by atoms with Crippen LogP contribution in [0.4, 0.5) is 5.69 Å². The number of aromatic amines is 1. The number of nitrogens with zero attached hydrogens (tertiary/aromatic N) is 2. The molecule has 0 bridgehead atoms. The second-order valence-electron chi connectivity index (χ2n) is 5.37. The molecule has 0 atom stereocenters. The van der Waals surface area contributed by atoms with Crippen molar-refractivity contribution in [2.24, 2.45) is 0 Å². The first-order valence-electron chi connectivity index (χ1n) is 7.73. The van der Waals surface area contributed by atoms with Gasteiger partial charge in [-0.15, -0.1) is 5.23 Å². The molecule has 0 saturated carbocycles. The van der Waals surface area contributed by atoms with Crippen LogP contribution < -0.4 is 15.3 Å². The van der Waals surface area contributed by atoms with Gasteiger partial charge in [0.1, 0.15) is 11.6 Å². The zero-order valence-corrected chi connectivity index (χ0v) is 13.3. The van der Waals surface area contributed by atoms with Crippen molar-refractivity contribution < 1.29 is 19.9 Å². The van der Waals surface area contributed by atoms with Gasteiger partial charge in [0.15, 0.2) is 6.61 Å². The van der Waals surface area contributed by atoms with Crippen LogP contribution in [0.25, 0.3) is 11.0 Å². The molecule has 0 aliphatic rings. The Bertz CT molecular complexity index is 812. The van der Waals surface area contributed by atoms with E-state index in [-0.39, 0.29) is 23.4 Å². The lowest BCUT2D eigenvalue weighted by atomic mass is 10.3. The van der Waals surface area contributed by atoms with Crippen molar-refractivity contribution in [1.82, 2.24) is 15.3 Å². The van der Waals surface area contributed by atoms with Crippen molar-refractivity contribution in [2.75, 3.05) is 18.4 Å². The molecule has 4 N–H and O–H groups in total. The van der Waals surface area contributed by atoms with Gasteiger partial charge in [0.2, 0.25) is 0 Å². The van der Waals surface area contributed by atoms with Gasteiger partial charge in [0, 0.05) is 13.0 Å². The summed E-state index contributed by atoms with van der Waals surface area (Å²) in [6.45, 7) is 0.326. The van der Waals surface area contributed by atoms with E-state index in [1.165, 1.54) is 24.3 Å². The molecule has 3 aromatic rings. The van der Waals surface area contributed by atoms with Gasteiger partial charge in [-0.05, 0) is 36.4 Å². The van der Waals surface area contributed by atoms with Gasteiger partial charge < -0.3 is 15.0 Å². The SMILES string of the molecule is O=C(COc1ccc(N(O)O)cc1)NCCc1nc2ccccc2[nH]1. The van der Waals surface area contributed by atoms with E-state index < -0.39 is 0 Å². The van der Waals surface area contributed by atoms with Crippen LogP contribution in [0.15, 0.2) is 48.5 Å². The normalized spacial score (nSPS) is 10.6. The lowest BCUT2D eigenvalue weighted by molar-refractivity contribution is -0.123. The number of nitrogens with one attached hydrogen (secondary N) is 2. The first-order chi connectivity index (χ1) is 12.1. The molecule has 0 saturated heterocycles. The predicted octanol–water partition coefficient (Wildman–Crippen LogP) is 1.89. The summed E-state index contributed by atoms with van der Waals surface area (Å²) in [6.07, 6.45) is 0.595. The van der Waals surface area contributed by atoms with E-state index in [9.17, 15) is 4.79 Å². The maximum atomic E-state index is 11.8. The zero-order valence-electron chi connectivity index (χ0n) is 13.3. The van der Waals surface area contributed by atoms with Gasteiger partial charge in [-0.2, -0.15) is 0 Å². The Morgan fingerprint density at radius 1 is 1.16 bits per heavy atom. The van der Waals surface area contributed by atoms with Crippen LogP contribution in [0, 0.1) is 0 Å². The van der Waals surface area contributed by atoms with Crippen LogP contribution in [0.5, 0.6) is 5.75 Å². The number of amides is 1. The molecular formula is C17H18N4O4. The molecule has 8 heteroatoms. The van der Waals surface area contributed by atoms with Crippen molar-refractivity contribution in [3.8, 4) is 5.75 Å². The highest BCUT2D eigenvalue weighted by atomic mass is 16.8. The van der Waals surface area contributed by atoms with Crippen LogP contribution in [0.1, 0.15) is 5.82 Å². The maximum Gasteiger partial charge on any atom is 0.257 e. The summed E-state index contributed by atoms with van der Waals surface area (Å²) in [5, 5.41) is 20.5. The number of imidazole rings is 1. The Hall–Kier alpha value is -3.10. The molecule has 0 fully saturated rings. The molecule has 8 nitrogen and oxygen atoms in total. The second kappa shape index (κ2) is 7.65. The van der Waals surface area contributed by atoms with Gasteiger partial charge in [-0.25, -0.2) is 4.98 Å². The molecule has 0 aliphatic carbocycles. The van der Waals surface area contributed by atoms with Gasteiger partial charge in [0.05, 0.1) is 16.7 Å². The lowest BCUT2D eigenvalue weighted by Gasteiger charge is -2.10. The Morgan fingerprint density at radius 2 is 1.92 bits per heavy atom. The van der Waals surface area contributed by atoms with Gasteiger partial charge in [-0.1, -0.05) is 12.1 Å². The number of benzene rings is 2. The summed E-state index contributed by atoms with van der Waals surface area (Å²) in [7, 11) is 0. The highest BCUT2D eigenvalue weighted by Crippen LogP contribution is 2.17. The fourth-order valence-corrected chi connectivity index (χ4v) is 2.32. The van der Waals surface area contributed by atoms with E-state index >= 15 is 0 Å². The summed E-state index contributed by atoms with van der Waals surface area (Å²) >= 11 is 0. The summed E-state index contributed by atoms with van der Waals surface area (Å²) in [6, 6.07) is 13.7. The van der Waals surface area contributed by atoms with Gasteiger partial charge in [0.25, 0.3) is 5.91 Å². The summed E-state index contributed by atoms with van der Waals surface area (Å²) in [5.74, 6) is 1.03. The van der Waals surface area contributed by atoms with Gasteiger partial charge in [-0.3, -0.25) is 15.2 Å². The Balaban J connectivity index is 1.42. The van der Waals surface area contributed by atoms with E-state index in [0.29, 0.717) is 18.7 Å². The number of rotatable bonds is 7. The molecule has 1 aromatic heterocycles. The van der Waals surface area contributed by atoms with Crippen molar-refractivity contribution in [1.29, 1.82) is 0 Å². The lowest BCUT2D eigenvalue weighted by Crippen LogP contribution is -2.30. The molecule has 0 aliphatic heterocycles. The molecule has 1 heterocycles. The topological polar surface area (TPSA) is 111 Å². The van der Waals surface area contributed by atoms with Crippen molar-refractivity contribution >= 4 is 22.6 Å². The minimum Gasteiger partial charge on any atom is -0.484 e. The number of aromatic nitrogens is 2. The third kappa shape index (κ3) is 4.46. The molecule has 130 valence electrons. The highest BCUT2D eigenvalue weighted by molar-refractivity contribution is 5.77. The molecule has 3 rings (SSSR count). The number of hydrogen-bond donors (Lipinski definition) is 4. The Kier molecular flexibility index (Phi) is 5.12. The average Bonchev–Trinajstić information content (AvgIpc) is 3.03. The predicted molar refractivity (Wildman–Crippen MR) is 90.8 cm³/mol. The summed E-state index contributed by atoms with van der Waals surface area (Å²) in [4.78, 5) is 19.4. The average molecular weight is 342 g/mol. The third-order valence-corrected chi connectivity index (χ3v) is 3.56. The highest BCUT2D eigenvalue weighted by Gasteiger charge is 2.06. The fraction of sp³-hybridized carbons (Fsp3) is 0.176. The smallest absolute Gasteiger partial charge is 0.257 e. The molecule has 0 unspecified atom stereocenters. The van der Waals surface area contributed by atoms with Crippen molar-refractivity contribution in [3.05, 3.63) is 54.4 Å². The zero-order chi connectivity index (χ0) is 17.6. The van der Waals surface area contributed by atoms with Crippen molar-refractivity contribution in [2.45, 2.75) is 6.42 Å². The Morgan fingerprint density at radius 3 is 2.64 bits per heavy atom. The number of fused-ring (bicyclic) bond motifs is 1. The summed E-state index contributed by atoms with van der Waals surface area (Å²) in [5.41, 5.74) is 2.07. The number of para-hydroxylation sites is 2. The minimum absolute atomic E-state index is 0.00848. The van der Waals surface area contributed by atoms with E-state index in [4.69, 9.17) is 15.2 Å². The quantitative estimate of drug-likeness (QED) is 0.488. The molecular weight excluding hydrogens is 324 g/mol. The van der Waals surface area contributed by atoms with Crippen molar-refractivity contribution in [3.63, 3.8) is 0 Å². The summed E-state index contributed by atoms with van der Waals surface area (Å²) < 4.78 is 5.34. The van der Waals surface area contributed by atoms with E-state index in [0.717, 1.165) is 16.9 Å². The number of carbonyl (C=O) groups excluding carboxylic acids is 1. The number of hydrogen-bond acceptors (Lipinski definition) is 6. The second-order valence-corrected chi connectivity index (χ2v) is 5.37. The standard InChI is InChI=1S/C17H18N4O4/c22-17(11-25-13-7-5-12(6-8-13)21(23)24)18-10-9-16-19-14-3-1-2-4-15(14)20-16/h1-8,23-24H,9-11H2,(H,18,22)(H,19,20). The molecule has 25 heavy (non-hydrogen) atoms. The first kappa shape index (κ1) is 16.7. The van der Waals surface area contributed by atoms with Crippen LogP contribution in [-0.4, -0.2) is 39.4 Å². The van der Waals surface area contributed by atoms with Gasteiger partial charge >= 0.3 is 0 Å². The molecule has 2 aromatic carbocycles. The van der Waals surface area contributed by atoms with Crippen LogP contribution in [-0.2, 0) is 11.2 Å². The fourth-order valence-electron chi connectivity index (χ4n) is 2.32. The maximum absolute atomic E-state index is 11.8. The number of ether oxygens (including phenoxy) is 1. The molecule has 0 spiro atoms. The minimum atomic E-state index is -0.244. The Labute approximate surface area is 143 Å². The first-order valence-corrected chi connectivity index (χ1v) is 7.73.